The van der Waals surface area contributed by atoms with Crippen molar-refractivity contribution in [2.75, 3.05) is 33.9 Å². The second-order valence-electron chi connectivity index (χ2n) is 5.39. The van der Waals surface area contributed by atoms with Crippen molar-refractivity contribution in [3.05, 3.63) is 59.7 Å². The van der Waals surface area contributed by atoms with Gasteiger partial charge in [-0.25, -0.2) is 0 Å². The van der Waals surface area contributed by atoms with Crippen molar-refractivity contribution in [2.45, 2.75) is 6.42 Å². The second-order valence-corrected chi connectivity index (χ2v) is 5.39. The zero-order chi connectivity index (χ0) is 17.4. The lowest BCUT2D eigenvalue weighted by Crippen LogP contribution is -2.37. The molecule has 1 amide bonds. The molecule has 0 aliphatic heterocycles. The molecule has 0 bridgehead atoms. The first-order chi connectivity index (χ1) is 11.7. The van der Waals surface area contributed by atoms with Crippen LogP contribution in [-0.2, 0) is 6.42 Å². The normalized spacial score (nSPS) is 10.3. The molecular formula is C19H24N2O3. The Morgan fingerprint density at radius 2 is 1.71 bits per heavy atom. The van der Waals surface area contributed by atoms with Crippen LogP contribution in [0.2, 0.25) is 0 Å². The zero-order valence-electron chi connectivity index (χ0n) is 14.2. The summed E-state index contributed by atoms with van der Waals surface area (Å²) in [5.41, 5.74) is 7.44. The van der Waals surface area contributed by atoms with Gasteiger partial charge in [0.1, 0.15) is 0 Å². The number of hydrogen-bond acceptors (Lipinski definition) is 4. The van der Waals surface area contributed by atoms with Gasteiger partial charge in [-0.15, -0.1) is 0 Å². The number of nitrogens with zero attached hydrogens (tertiary/aromatic N) is 1. The van der Waals surface area contributed by atoms with Crippen LogP contribution in [0.3, 0.4) is 0 Å². The predicted octanol–water partition coefficient (Wildman–Crippen LogP) is 2.35. The summed E-state index contributed by atoms with van der Waals surface area (Å²) in [6, 6.07) is 15.3. The smallest absolute Gasteiger partial charge is 0.254 e. The van der Waals surface area contributed by atoms with Crippen LogP contribution in [-0.4, -0.2) is 44.7 Å². The number of carbonyl (C=O) groups excluding carboxylic acids is 1. The number of methoxy groups -OCH3 is 2. The molecule has 0 heterocycles. The van der Waals surface area contributed by atoms with E-state index in [1.807, 2.05) is 18.2 Å². The van der Waals surface area contributed by atoms with Gasteiger partial charge in [0.15, 0.2) is 11.5 Å². The average molecular weight is 328 g/mol. The van der Waals surface area contributed by atoms with E-state index < -0.39 is 0 Å². The highest BCUT2D eigenvalue weighted by molar-refractivity contribution is 5.95. The van der Waals surface area contributed by atoms with Gasteiger partial charge < -0.3 is 20.1 Å². The van der Waals surface area contributed by atoms with E-state index in [1.54, 1.807) is 37.3 Å². The minimum atomic E-state index is -0.0580. The predicted molar refractivity (Wildman–Crippen MR) is 94.6 cm³/mol. The third kappa shape index (κ3) is 4.49. The molecule has 0 saturated heterocycles. The standard InChI is InChI=1S/C19H24N2O3/c1-23-17-9-8-16(14-18(17)24-2)19(22)21(13-11-20)12-10-15-6-4-3-5-7-15/h3-9,14H,10-13,20H2,1-2H3. The molecule has 2 aromatic carbocycles. The fourth-order valence-electron chi connectivity index (χ4n) is 2.53. The summed E-state index contributed by atoms with van der Waals surface area (Å²) in [6.45, 7) is 1.56. The Hall–Kier alpha value is -2.53. The van der Waals surface area contributed by atoms with Crippen LogP contribution < -0.4 is 15.2 Å². The van der Waals surface area contributed by atoms with Crippen LogP contribution in [0.15, 0.2) is 48.5 Å². The fraction of sp³-hybridized carbons (Fsp3) is 0.316. The molecule has 2 aromatic rings. The summed E-state index contributed by atoms with van der Waals surface area (Å²) in [5, 5.41) is 0. The Kier molecular flexibility index (Phi) is 6.63. The molecule has 2 rings (SSSR count). The van der Waals surface area contributed by atoms with Crippen molar-refractivity contribution in [1.82, 2.24) is 4.90 Å². The first kappa shape index (κ1) is 17.8. The van der Waals surface area contributed by atoms with Gasteiger partial charge in [0, 0.05) is 25.2 Å². The quantitative estimate of drug-likeness (QED) is 0.808. The van der Waals surface area contributed by atoms with Gasteiger partial charge in [0.05, 0.1) is 14.2 Å². The molecule has 24 heavy (non-hydrogen) atoms. The van der Waals surface area contributed by atoms with E-state index in [0.717, 1.165) is 6.42 Å². The molecule has 0 atom stereocenters. The van der Waals surface area contributed by atoms with E-state index in [1.165, 1.54) is 5.56 Å². The molecule has 0 aromatic heterocycles. The Morgan fingerprint density at radius 3 is 2.33 bits per heavy atom. The summed E-state index contributed by atoms with van der Waals surface area (Å²) in [4.78, 5) is 14.6. The van der Waals surface area contributed by atoms with Crippen LogP contribution in [0.5, 0.6) is 11.5 Å². The number of carbonyl (C=O) groups is 1. The molecule has 5 heteroatoms. The van der Waals surface area contributed by atoms with Gasteiger partial charge in [0.25, 0.3) is 5.91 Å². The van der Waals surface area contributed by atoms with Crippen molar-refractivity contribution >= 4 is 5.91 Å². The Balaban J connectivity index is 2.13. The molecule has 5 nitrogen and oxygen atoms in total. The lowest BCUT2D eigenvalue weighted by molar-refractivity contribution is 0.0761. The maximum atomic E-state index is 12.8. The SMILES string of the molecule is COc1ccc(C(=O)N(CCN)CCc2ccccc2)cc1OC. The highest BCUT2D eigenvalue weighted by Crippen LogP contribution is 2.28. The monoisotopic (exact) mass is 328 g/mol. The van der Waals surface area contributed by atoms with Crippen LogP contribution in [0.4, 0.5) is 0 Å². The third-order valence-electron chi connectivity index (χ3n) is 3.83. The lowest BCUT2D eigenvalue weighted by Gasteiger charge is -2.22. The molecule has 128 valence electrons. The number of rotatable bonds is 8. The zero-order valence-corrected chi connectivity index (χ0v) is 14.2. The molecule has 0 spiro atoms. The van der Waals surface area contributed by atoms with Gasteiger partial charge in [-0.05, 0) is 30.2 Å². The molecule has 0 radical (unpaired) electrons. The van der Waals surface area contributed by atoms with Gasteiger partial charge in [-0.1, -0.05) is 30.3 Å². The van der Waals surface area contributed by atoms with Gasteiger partial charge in [0.2, 0.25) is 0 Å². The fourth-order valence-corrected chi connectivity index (χ4v) is 2.53. The van der Waals surface area contributed by atoms with Crippen molar-refractivity contribution in [1.29, 1.82) is 0 Å². The maximum Gasteiger partial charge on any atom is 0.254 e. The van der Waals surface area contributed by atoms with Crippen LogP contribution >= 0.6 is 0 Å². The Bertz CT molecular complexity index is 659. The first-order valence-electron chi connectivity index (χ1n) is 7.95. The third-order valence-corrected chi connectivity index (χ3v) is 3.83. The lowest BCUT2D eigenvalue weighted by atomic mass is 10.1. The molecule has 0 unspecified atom stereocenters. The van der Waals surface area contributed by atoms with E-state index in [-0.39, 0.29) is 5.91 Å². The average Bonchev–Trinajstić information content (AvgIpc) is 2.64. The molecule has 0 fully saturated rings. The summed E-state index contributed by atoms with van der Waals surface area (Å²) in [6.07, 6.45) is 0.792. The van der Waals surface area contributed by atoms with Crippen LogP contribution in [0.25, 0.3) is 0 Å². The topological polar surface area (TPSA) is 64.8 Å². The summed E-state index contributed by atoms with van der Waals surface area (Å²) >= 11 is 0. The number of amides is 1. The summed E-state index contributed by atoms with van der Waals surface area (Å²) < 4.78 is 10.5. The van der Waals surface area contributed by atoms with E-state index in [9.17, 15) is 4.79 Å². The highest BCUT2D eigenvalue weighted by atomic mass is 16.5. The number of hydrogen-bond donors (Lipinski definition) is 1. The van der Waals surface area contributed by atoms with Gasteiger partial charge >= 0.3 is 0 Å². The van der Waals surface area contributed by atoms with Crippen molar-refractivity contribution in [3.8, 4) is 11.5 Å². The van der Waals surface area contributed by atoms with Crippen molar-refractivity contribution in [3.63, 3.8) is 0 Å². The first-order valence-corrected chi connectivity index (χ1v) is 7.95. The van der Waals surface area contributed by atoms with E-state index in [2.05, 4.69) is 12.1 Å². The minimum Gasteiger partial charge on any atom is -0.493 e. The van der Waals surface area contributed by atoms with Gasteiger partial charge in [-0.2, -0.15) is 0 Å². The summed E-state index contributed by atoms with van der Waals surface area (Å²) in [7, 11) is 3.12. The molecule has 0 aliphatic rings. The van der Waals surface area contributed by atoms with E-state index in [4.69, 9.17) is 15.2 Å². The number of nitrogens with two attached hydrogens (primary N) is 1. The second kappa shape index (κ2) is 8.93. The van der Waals surface area contributed by atoms with Crippen LogP contribution in [0, 0.1) is 0 Å². The molecule has 0 aliphatic carbocycles. The van der Waals surface area contributed by atoms with E-state index in [0.29, 0.717) is 36.7 Å². The van der Waals surface area contributed by atoms with Gasteiger partial charge in [-0.3, -0.25) is 4.79 Å². The maximum absolute atomic E-state index is 12.8. The van der Waals surface area contributed by atoms with Crippen molar-refractivity contribution < 1.29 is 14.3 Å². The minimum absolute atomic E-state index is 0.0580. The molecule has 0 saturated carbocycles. The molecular weight excluding hydrogens is 304 g/mol. The summed E-state index contributed by atoms with van der Waals surface area (Å²) in [5.74, 6) is 1.08. The highest BCUT2D eigenvalue weighted by Gasteiger charge is 2.17. The van der Waals surface area contributed by atoms with E-state index >= 15 is 0 Å². The molecule has 2 N–H and O–H groups in total. The largest absolute Gasteiger partial charge is 0.493 e. The number of benzene rings is 2. The number of ether oxygens (including phenoxy) is 2. The Labute approximate surface area is 143 Å². The van der Waals surface area contributed by atoms with Crippen molar-refractivity contribution in [2.24, 2.45) is 5.73 Å². The van der Waals surface area contributed by atoms with Crippen LogP contribution in [0.1, 0.15) is 15.9 Å². The Morgan fingerprint density at radius 1 is 1.00 bits per heavy atom.